The molecule has 0 unspecified atom stereocenters. The topological polar surface area (TPSA) is 60.5 Å². The summed E-state index contributed by atoms with van der Waals surface area (Å²) in [5.41, 5.74) is 2.32. The van der Waals surface area contributed by atoms with Crippen LogP contribution in [0.2, 0.25) is 0 Å². The summed E-state index contributed by atoms with van der Waals surface area (Å²) in [5.74, 6) is 0.592. The maximum Gasteiger partial charge on any atom is 0.217 e. The van der Waals surface area contributed by atoms with Crippen molar-refractivity contribution in [2.75, 3.05) is 7.11 Å². The smallest absolute Gasteiger partial charge is 0.217 e. The van der Waals surface area contributed by atoms with Gasteiger partial charge in [0.1, 0.15) is 0 Å². The Bertz CT molecular complexity index is 703. The lowest BCUT2D eigenvalue weighted by molar-refractivity contribution is -0.122. The van der Waals surface area contributed by atoms with E-state index in [1.54, 1.807) is 20.2 Å². The number of hydrogen-bond donors (Lipinski definition) is 1. The molecular weight excluding hydrogens is 328 g/mol. The molecule has 0 spiro atoms. The number of pyridine rings is 1. The molecule has 1 N–H and O–H groups in total. The van der Waals surface area contributed by atoms with E-state index in [4.69, 9.17) is 9.47 Å². The lowest BCUT2D eigenvalue weighted by atomic mass is 9.92. The first-order chi connectivity index (χ1) is 12.6. The van der Waals surface area contributed by atoms with Crippen LogP contribution in [-0.2, 0) is 16.0 Å². The third-order valence-corrected chi connectivity index (χ3v) is 4.75. The molecule has 2 aromatic rings. The van der Waals surface area contributed by atoms with E-state index in [1.165, 1.54) is 5.56 Å². The van der Waals surface area contributed by atoms with Gasteiger partial charge in [0, 0.05) is 25.2 Å². The molecule has 26 heavy (non-hydrogen) atoms. The van der Waals surface area contributed by atoms with Crippen molar-refractivity contribution in [3.8, 4) is 5.88 Å². The Morgan fingerprint density at radius 3 is 2.69 bits per heavy atom. The highest BCUT2D eigenvalue weighted by Gasteiger charge is 2.31. The average molecular weight is 354 g/mol. The molecule has 0 saturated carbocycles. The zero-order valence-electron chi connectivity index (χ0n) is 15.4. The molecule has 1 saturated heterocycles. The number of nitrogens with zero attached hydrogens (tertiary/aromatic N) is 1. The first-order valence-electron chi connectivity index (χ1n) is 9.10. The van der Waals surface area contributed by atoms with Crippen molar-refractivity contribution in [2.45, 2.75) is 50.9 Å². The molecule has 3 atom stereocenters. The van der Waals surface area contributed by atoms with Gasteiger partial charge in [0.15, 0.2) is 0 Å². The van der Waals surface area contributed by atoms with Crippen LogP contribution in [0, 0.1) is 0 Å². The van der Waals surface area contributed by atoms with E-state index >= 15 is 0 Å². The van der Waals surface area contributed by atoms with Crippen LogP contribution in [0.5, 0.6) is 5.88 Å². The van der Waals surface area contributed by atoms with Gasteiger partial charge < -0.3 is 14.8 Å². The first kappa shape index (κ1) is 18.4. The van der Waals surface area contributed by atoms with Gasteiger partial charge in [0.2, 0.25) is 11.8 Å². The van der Waals surface area contributed by atoms with E-state index in [1.807, 2.05) is 18.2 Å². The van der Waals surface area contributed by atoms with Crippen LogP contribution in [-0.4, -0.2) is 30.1 Å². The molecule has 1 aromatic carbocycles. The summed E-state index contributed by atoms with van der Waals surface area (Å²) >= 11 is 0. The summed E-state index contributed by atoms with van der Waals surface area (Å²) in [7, 11) is 1.60. The largest absolute Gasteiger partial charge is 0.481 e. The maximum absolute atomic E-state index is 11.5. The van der Waals surface area contributed by atoms with Gasteiger partial charge >= 0.3 is 0 Å². The van der Waals surface area contributed by atoms with Gasteiger partial charge in [0.25, 0.3) is 0 Å². The van der Waals surface area contributed by atoms with Gasteiger partial charge in [-0.2, -0.15) is 0 Å². The number of amides is 1. The quantitative estimate of drug-likeness (QED) is 0.863. The van der Waals surface area contributed by atoms with Crippen molar-refractivity contribution >= 4 is 5.91 Å². The summed E-state index contributed by atoms with van der Waals surface area (Å²) in [6, 6.07) is 14.4. The number of aryl methyl sites for hydroxylation is 1. The number of hydrogen-bond acceptors (Lipinski definition) is 4. The summed E-state index contributed by atoms with van der Waals surface area (Å²) in [5, 5.41) is 3.07. The Labute approximate surface area is 154 Å². The number of carbonyl (C=O) groups excluding carboxylic acids is 1. The van der Waals surface area contributed by atoms with Crippen molar-refractivity contribution in [1.29, 1.82) is 0 Å². The number of aromatic nitrogens is 1. The lowest BCUT2D eigenvalue weighted by Crippen LogP contribution is -2.42. The molecular formula is C21H26N2O3. The summed E-state index contributed by atoms with van der Waals surface area (Å²) in [6.07, 6.45) is 5.33. The van der Waals surface area contributed by atoms with Crippen LogP contribution in [0.4, 0.5) is 0 Å². The number of nitrogens with one attached hydrogen (secondary N) is 1. The fourth-order valence-electron chi connectivity index (χ4n) is 3.50. The van der Waals surface area contributed by atoms with Gasteiger partial charge in [-0.3, -0.25) is 4.79 Å². The van der Waals surface area contributed by atoms with Crippen LogP contribution in [0.3, 0.4) is 0 Å². The monoisotopic (exact) mass is 354 g/mol. The van der Waals surface area contributed by atoms with Crippen LogP contribution >= 0.6 is 0 Å². The highest BCUT2D eigenvalue weighted by molar-refractivity contribution is 5.73. The molecule has 0 radical (unpaired) electrons. The molecule has 3 rings (SSSR count). The Morgan fingerprint density at radius 1 is 1.23 bits per heavy atom. The highest BCUT2D eigenvalue weighted by Crippen LogP contribution is 2.33. The summed E-state index contributed by atoms with van der Waals surface area (Å²) < 4.78 is 11.5. The molecule has 1 aliphatic heterocycles. The lowest BCUT2D eigenvalue weighted by Gasteiger charge is -2.36. The first-order valence-corrected chi connectivity index (χ1v) is 9.10. The third kappa shape index (κ3) is 5.05. The number of carbonyl (C=O) groups is 1. The van der Waals surface area contributed by atoms with E-state index in [0.717, 1.165) is 31.2 Å². The highest BCUT2D eigenvalue weighted by atomic mass is 16.5. The second-order valence-corrected chi connectivity index (χ2v) is 6.77. The fraction of sp³-hybridized carbons (Fsp3) is 0.429. The minimum atomic E-state index is -0.0696. The Morgan fingerprint density at radius 2 is 2.04 bits per heavy atom. The molecule has 1 fully saturated rings. The summed E-state index contributed by atoms with van der Waals surface area (Å²) in [6.45, 7) is 1.57. The van der Waals surface area contributed by atoms with Gasteiger partial charge in [-0.25, -0.2) is 4.98 Å². The van der Waals surface area contributed by atoms with E-state index in [9.17, 15) is 4.79 Å². The third-order valence-electron chi connectivity index (χ3n) is 4.75. The molecule has 0 aliphatic carbocycles. The Balaban J connectivity index is 1.68. The van der Waals surface area contributed by atoms with Gasteiger partial charge in [-0.15, -0.1) is 0 Å². The molecule has 1 aromatic heterocycles. The van der Waals surface area contributed by atoms with Crippen molar-refractivity contribution in [2.24, 2.45) is 0 Å². The van der Waals surface area contributed by atoms with Gasteiger partial charge in [-0.05, 0) is 42.9 Å². The van der Waals surface area contributed by atoms with Gasteiger partial charge in [-0.1, -0.05) is 30.3 Å². The predicted octanol–water partition coefficient (Wildman–Crippen LogP) is 3.45. The Kier molecular flexibility index (Phi) is 6.23. The SMILES string of the molecule is COc1ccc([C@@H]2C[C@H](NC(C)=O)C[C@H](CCc3ccccc3)O2)cn1. The molecule has 5 heteroatoms. The van der Waals surface area contributed by atoms with Crippen molar-refractivity contribution < 1.29 is 14.3 Å². The number of methoxy groups -OCH3 is 1. The predicted molar refractivity (Wildman–Crippen MR) is 100 cm³/mol. The van der Waals surface area contributed by atoms with E-state index in [0.29, 0.717) is 5.88 Å². The van der Waals surface area contributed by atoms with E-state index in [2.05, 4.69) is 34.6 Å². The number of ether oxygens (including phenoxy) is 2. The minimum Gasteiger partial charge on any atom is -0.481 e. The van der Waals surface area contributed by atoms with E-state index in [-0.39, 0.29) is 24.2 Å². The standard InChI is InChI=1S/C21H26N2O3/c1-15(24)23-18-12-19(10-8-16-6-4-3-5-7-16)26-20(13-18)17-9-11-21(25-2)22-14-17/h3-7,9,11,14,18-20H,8,10,12-13H2,1-2H3,(H,23,24)/t18-,19+,20+/m1/s1. The molecule has 138 valence electrons. The molecule has 0 bridgehead atoms. The molecule has 5 nitrogen and oxygen atoms in total. The van der Waals surface area contributed by atoms with Crippen molar-refractivity contribution in [3.63, 3.8) is 0 Å². The van der Waals surface area contributed by atoms with E-state index < -0.39 is 0 Å². The molecule has 2 heterocycles. The zero-order valence-corrected chi connectivity index (χ0v) is 15.4. The van der Waals surface area contributed by atoms with Crippen LogP contribution in [0.25, 0.3) is 0 Å². The van der Waals surface area contributed by atoms with Crippen molar-refractivity contribution in [3.05, 3.63) is 59.8 Å². The maximum atomic E-state index is 11.5. The van der Waals surface area contributed by atoms with Crippen LogP contribution in [0.15, 0.2) is 48.7 Å². The second kappa shape index (κ2) is 8.81. The normalized spacial score (nSPS) is 22.6. The molecule has 1 amide bonds. The Hall–Kier alpha value is -2.40. The number of rotatable bonds is 6. The second-order valence-electron chi connectivity index (χ2n) is 6.77. The summed E-state index contributed by atoms with van der Waals surface area (Å²) in [4.78, 5) is 15.8. The number of benzene rings is 1. The van der Waals surface area contributed by atoms with Crippen LogP contribution < -0.4 is 10.1 Å². The van der Waals surface area contributed by atoms with Crippen LogP contribution in [0.1, 0.15) is 43.4 Å². The molecule has 1 aliphatic rings. The van der Waals surface area contributed by atoms with Gasteiger partial charge in [0.05, 0.1) is 19.3 Å². The minimum absolute atomic E-state index is 0.00492. The van der Waals surface area contributed by atoms with Crippen molar-refractivity contribution in [1.82, 2.24) is 10.3 Å². The zero-order chi connectivity index (χ0) is 18.4. The average Bonchev–Trinajstić information content (AvgIpc) is 2.66. The fourth-order valence-corrected chi connectivity index (χ4v) is 3.50.